The van der Waals surface area contributed by atoms with E-state index in [1.165, 1.54) is 36.9 Å². The molecule has 5 nitrogen and oxygen atoms in total. The lowest BCUT2D eigenvalue weighted by molar-refractivity contribution is 0.102. The number of benzene rings is 2. The SMILES string of the molecule is N#Cc1ccccc1C(=O)Nc1ccc2[nH]cc(C3=CCN4CCCCC4C3)c2c1. The Hall–Kier alpha value is -3.36. The van der Waals surface area contributed by atoms with Crippen LogP contribution in [0.2, 0.25) is 0 Å². The minimum atomic E-state index is -0.265. The first-order chi connectivity index (χ1) is 14.7. The third kappa shape index (κ3) is 3.40. The average Bonchev–Trinajstić information content (AvgIpc) is 3.22. The van der Waals surface area contributed by atoms with Gasteiger partial charge >= 0.3 is 0 Å². The number of aromatic nitrogens is 1. The number of aromatic amines is 1. The number of anilines is 1. The number of fused-ring (bicyclic) bond motifs is 2. The molecule has 1 amide bonds. The van der Waals surface area contributed by atoms with Crippen LogP contribution in [0.4, 0.5) is 5.69 Å². The van der Waals surface area contributed by atoms with Crippen molar-refractivity contribution in [1.29, 1.82) is 5.26 Å². The third-order valence-corrected chi connectivity index (χ3v) is 6.35. The second-order valence-electron chi connectivity index (χ2n) is 8.15. The molecule has 150 valence electrons. The molecule has 3 heterocycles. The maximum Gasteiger partial charge on any atom is 0.257 e. The number of rotatable bonds is 3. The van der Waals surface area contributed by atoms with E-state index >= 15 is 0 Å². The Bertz CT molecular complexity index is 1180. The fraction of sp³-hybridized carbons (Fsp3) is 0.280. The number of nitrogens with zero attached hydrogens (tertiary/aromatic N) is 2. The second-order valence-corrected chi connectivity index (χ2v) is 8.15. The van der Waals surface area contributed by atoms with Gasteiger partial charge in [-0.1, -0.05) is 24.6 Å². The van der Waals surface area contributed by atoms with E-state index in [0.29, 0.717) is 17.2 Å². The Kier molecular flexibility index (Phi) is 4.86. The highest BCUT2D eigenvalue weighted by Crippen LogP contribution is 2.35. The van der Waals surface area contributed by atoms with E-state index in [0.717, 1.165) is 29.6 Å². The number of carbonyl (C=O) groups excluding carboxylic acids is 1. The molecule has 1 saturated heterocycles. The predicted molar refractivity (Wildman–Crippen MR) is 119 cm³/mol. The Balaban J connectivity index is 1.43. The summed E-state index contributed by atoms with van der Waals surface area (Å²) in [5.41, 5.74) is 5.18. The fourth-order valence-electron chi connectivity index (χ4n) is 4.76. The zero-order chi connectivity index (χ0) is 20.5. The van der Waals surface area contributed by atoms with Crippen molar-refractivity contribution in [3.63, 3.8) is 0 Å². The van der Waals surface area contributed by atoms with E-state index in [9.17, 15) is 10.1 Å². The molecule has 0 aliphatic carbocycles. The molecule has 3 aromatic rings. The van der Waals surface area contributed by atoms with Crippen molar-refractivity contribution in [2.75, 3.05) is 18.4 Å². The molecule has 1 unspecified atom stereocenters. The van der Waals surface area contributed by atoms with Crippen LogP contribution < -0.4 is 5.32 Å². The van der Waals surface area contributed by atoms with Crippen LogP contribution in [0.15, 0.2) is 54.7 Å². The summed E-state index contributed by atoms with van der Waals surface area (Å²) in [6.07, 6.45) is 9.44. The van der Waals surface area contributed by atoms with Gasteiger partial charge in [0.15, 0.2) is 0 Å². The maximum atomic E-state index is 12.7. The first-order valence-corrected chi connectivity index (χ1v) is 10.6. The highest BCUT2D eigenvalue weighted by atomic mass is 16.1. The van der Waals surface area contributed by atoms with Gasteiger partial charge in [-0.15, -0.1) is 0 Å². The molecular formula is C25H24N4O. The lowest BCUT2D eigenvalue weighted by Crippen LogP contribution is -2.41. The first-order valence-electron chi connectivity index (χ1n) is 10.6. The van der Waals surface area contributed by atoms with Gasteiger partial charge in [-0.2, -0.15) is 5.26 Å². The van der Waals surface area contributed by atoms with Crippen molar-refractivity contribution in [3.8, 4) is 6.07 Å². The van der Waals surface area contributed by atoms with Gasteiger partial charge in [-0.05, 0) is 61.7 Å². The minimum absolute atomic E-state index is 0.265. The summed E-state index contributed by atoms with van der Waals surface area (Å²) >= 11 is 0. The number of amides is 1. The molecule has 0 bridgehead atoms. The monoisotopic (exact) mass is 396 g/mol. The van der Waals surface area contributed by atoms with Gasteiger partial charge in [0.05, 0.1) is 17.2 Å². The average molecular weight is 396 g/mol. The molecule has 2 aromatic carbocycles. The lowest BCUT2D eigenvalue weighted by atomic mass is 9.89. The Morgan fingerprint density at radius 3 is 3.00 bits per heavy atom. The number of hydrogen-bond donors (Lipinski definition) is 2. The van der Waals surface area contributed by atoms with E-state index in [-0.39, 0.29) is 5.91 Å². The first kappa shape index (κ1) is 18.7. The van der Waals surface area contributed by atoms with Crippen LogP contribution in [0, 0.1) is 11.3 Å². The van der Waals surface area contributed by atoms with E-state index in [2.05, 4.69) is 33.5 Å². The Labute approximate surface area is 176 Å². The molecule has 1 atom stereocenters. The van der Waals surface area contributed by atoms with Gasteiger partial charge in [0, 0.05) is 40.9 Å². The van der Waals surface area contributed by atoms with E-state index in [4.69, 9.17) is 0 Å². The fourth-order valence-corrected chi connectivity index (χ4v) is 4.76. The molecule has 1 fully saturated rings. The largest absolute Gasteiger partial charge is 0.361 e. The van der Waals surface area contributed by atoms with Gasteiger partial charge in [0.1, 0.15) is 0 Å². The van der Waals surface area contributed by atoms with Crippen LogP contribution in [0.5, 0.6) is 0 Å². The van der Waals surface area contributed by atoms with Gasteiger partial charge in [-0.3, -0.25) is 9.69 Å². The van der Waals surface area contributed by atoms with Crippen molar-refractivity contribution >= 4 is 28.1 Å². The number of nitrogens with one attached hydrogen (secondary N) is 2. The van der Waals surface area contributed by atoms with Crippen molar-refractivity contribution < 1.29 is 4.79 Å². The topological polar surface area (TPSA) is 71.9 Å². The van der Waals surface area contributed by atoms with Crippen molar-refractivity contribution in [3.05, 3.63) is 71.4 Å². The van der Waals surface area contributed by atoms with E-state index in [1.807, 2.05) is 18.2 Å². The smallest absolute Gasteiger partial charge is 0.257 e. The van der Waals surface area contributed by atoms with Crippen molar-refractivity contribution in [2.24, 2.45) is 0 Å². The van der Waals surface area contributed by atoms with Crippen LogP contribution in [0.1, 0.15) is 47.2 Å². The van der Waals surface area contributed by atoms with Crippen LogP contribution in [-0.2, 0) is 0 Å². The zero-order valence-electron chi connectivity index (χ0n) is 16.8. The number of carbonyl (C=O) groups is 1. The number of piperidine rings is 1. The summed E-state index contributed by atoms with van der Waals surface area (Å²) in [6.45, 7) is 2.23. The van der Waals surface area contributed by atoms with Crippen molar-refractivity contribution in [1.82, 2.24) is 9.88 Å². The molecule has 2 aliphatic rings. The van der Waals surface area contributed by atoms with E-state index < -0.39 is 0 Å². The van der Waals surface area contributed by atoms with Crippen LogP contribution in [0.3, 0.4) is 0 Å². The third-order valence-electron chi connectivity index (χ3n) is 6.35. The van der Waals surface area contributed by atoms with Gasteiger partial charge in [0.25, 0.3) is 5.91 Å². The van der Waals surface area contributed by atoms with Gasteiger partial charge in [-0.25, -0.2) is 0 Å². The van der Waals surface area contributed by atoms with Crippen molar-refractivity contribution in [2.45, 2.75) is 31.7 Å². The molecule has 30 heavy (non-hydrogen) atoms. The molecule has 0 radical (unpaired) electrons. The molecule has 5 rings (SSSR count). The standard InChI is InChI=1S/C25H24N4O/c26-15-18-5-1-2-7-21(18)25(30)28-19-8-9-24-22(14-19)23(16-27-24)17-10-12-29-11-4-3-6-20(29)13-17/h1-2,5,7-10,14,16,20,27H,3-4,6,11-13H2,(H,28,30). The van der Waals surface area contributed by atoms with Crippen LogP contribution in [0.25, 0.3) is 16.5 Å². The number of nitriles is 1. The quantitative estimate of drug-likeness (QED) is 0.659. The molecular weight excluding hydrogens is 372 g/mol. The van der Waals surface area contributed by atoms with Crippen LogP contribution >= 0.6 is 0 Å². The zero-order valence-corrected chi connectivity index (χ0v) is 16.8. The summed E-state index contributed by atoms with van der Waals surface area (Å²) in [4.78, 5) is 18.7. The molecule has 2 N–H and O–H groups in total. The summed E-state index contributed by atoms with van der Waals surface area (Å²) in [7, 11) is 0. The maximum absolute atomic E-state index is 12.7. The van der Waals surface area contributed by atoms with Gasteiger partial charge < -0.3 is 10.3 Å². The number of H-pyrrole nitrogens is 1. The highest BCUT2D eigenvalue weighted by molar-refractivity contribution is 6.07. The molecule has 0 saturated carbocycles. The normalized spacial score (nSPS) is 19.0. The Morgan fingerprint density at radius 1 is 1.20 bits per heavy atom. The molecule has 0 spiro atoms. The Morgan fingerprint density at radius 2 is 2.10 bits per heavy atom. The summed E-state index contributed by atoms with van der Waals surface area (Å²) in [6, 6.07) is 15.5. The molecule has 1 aromatic heterocycles. The van der Waals surface area contributed by atoms with E-state index in [1.54, 1.807) is 24.3 Å². The predicted octanol–water partition coefficient (Wildman–Crippen LogP) is 4.93. The number of hydrogen-bond acceptors (Lipinski definition) is 3. The second kappa shape index (κ2) is 7.81. The highest BCUT2D eigenvalue weighted by Gasteiger charge is 2.27. The van der Waals surface area contributed by atoms with Crippen LogP contribution in [-0.4, -0.2) is 34.9 Å². The summed E-state index contributed by atoms with van der Waals surface area (Å²) < 4.78 is 0. The molecule has 5 heteroatoms. The molecule has 2 aliphatic heterocycles. The summed E-state index contributed by atoms with van der Waals surface area (Å²) in [5, 5.41) is 13.3. The summed E-state index contributed by atoms with van der Waals surface area (Å²) in [5.74, 6) is -0.265. The minimum Gasteiger partial charge on any atom is -0.361 e. The lowest BCUT2D eigenvalue weighted by Gasteiger charge is -2.38. The van der Waals surface area contributed by atoms with Gasteiger partial charge in [0.2, 0.25) is 0 Å².